The first kappa shape index (κ1) is 13.2. The first-order chi connectivity index (χ1) is 7.74. The van der Waals surface area contributed by atoms with E-state index >= 15 is 0 Å². The maximum atomic E-state index is 6.09. The molecule has 0 radical (unpaired) electrons. The summed E-state index contributed by atoms with van der Waals surface area (Å²) >= 11 is 0. The third-order valence-corrected chi connectivity index (χ3v) is 3.27. The Labute approximate surface area is 100 Å². The quantitative estimate of drug-likeness (QED) is 0.734. The van der Waals surface area contributed by atoms with Crippen molar-refractivity contribution in [2.75, 3.05) is 0 Å². The molecule has 0 saturated carbocycles. The van der Waals surface area contributed by atoms with Gasteiger partial charge in [0.05, 0.1) is 0 Å². The molecule has 1 aromatic rings. The lowest BCUT2D eigenvalue weighted by atomic mass is 9.93. The van der Waals surface area contributed by atoms with Gasteiger partial charge in [-0.25, -0.2) is 0 Å². The fraction of sp³-hybridized carbons (Fsp3) is 0.600. The lowest BCUT2D eigenvalue weighted by Gasteiger charge is -2.15. The van der Waals surface area contributed by atoms with E-state index in [1.54, 1.807) is 0 Å². The van der Waals surface area contributed by atoms with Crippen LogP contribution in [0.3, 0.4) is 0 Å². The topological polar surface area (TPSA) is 26.0 Å². The number of benzene rings is 1. The van der Waals surface area contributed by atoms with Gasteiger partial charge >= 0.3 is 0 Å². The highest BCUT2D eigenvalue weighted by Crippen LogP contribution is 2.21. The molecule has 0 aliphatic carbocycles. The minimum atomic E-state index is 0.395. The molecule has 0 spiro atoms. The van der Waals surface area contributed by atoms with Gasteiger partial charge in [0.15, 0.2) is 0 Å². The van der Waals surface area contributed by atoms with Gasteiger partial charge in [-0.05, 0) is 30.7 Å². The summed E-state index contributed by atoms with van der Waals surface area (Å²) < 4.78 is 0. The van der Waals surface area contributed by atoms with E-state index in [0.717, 1.165) is 6.42 Å². The molecule has 90 valence electrons. The molecule has 1 nitrogen and oxygen atoms in total. The van der Waals surface area contributed by atoms with E-state index in [4.69, 9.17) is 5.73 Å². The van der Waals surface area contributed by atoms with Crippen LogP contribution in [0.15, 0.2) is 30.3 Å². The molecule has 1 heteroatoms. The SMILES string of the molecule is CCCCC(N)CC[C@H](C)c1ccccc1. The zero-order chi connectivity index (χ0) is 11.8. The third-order valence-electron chi connectivity index (χ3n) is 3.27. The van der Waals surface area contributed by atoms with E-state index < -0.39 is 0 Å². The lowest BCUT2D eigenvalue weighted by Crippen LogP contribution is -2.20. The van der Waals surface area contributed by atoms with Crippen molar-refractivity contribution in [3.8, 4) is 0 Å². The molecule has 0 bridgehead atoms. The number of unbranched alkanes of at least 4 members (excludes halogenated alkanes) is 1. The number of hydrogen-bond acceptors (Lipinski definition) is 1. The predicted molar refractivity (Wildman–Crippen MR) is 71.6 cm³/mol. The van der Waals surface area contributed by atoms with Crippen LogP contribution >= 0.6 is 0 Å². The molecule has 0 aromatic heterocycles. The van der Waals surface area contributed by atoms with E-state index in [1.807, 2.05) is 0 Å². The Kier molecular flexibility index (Phi) is 6.17. The first-order valence-corrected chi connectivity index (χ1v) is 6.54. The van der Waals surface area contributed by atoms with Crippen LogP contribution in [0.25, 0.3) is 0 Å². The van der Waals surface area contributed by atoms with Gasteiger partial charge in [0.2, 0.25) is 0 Å². The van der Waals surface area contributed by atoms with Crippen molar-refractivity contribution in [1.29, 1.82) is 0 Å². The van der Waals surface area contributed by atoms with Crippen LogP contribution in [0.4, 0.5) is 0 Å². The van der Waals surface area contributed by atoms with E-state index in [-0.39, 0.29) is 0 Å². The number of nitrogens with two attached hydrogens (primary N) is 1. The molecule has 0 amide bonds. The molecule has 0 aliphatic heterocycles. The Morgan fingerprint density at radius 2 is 1.75 bits per heavy atom. The predicted octanol–water partition coefficient (Wildman–Crippen LogP) is 4.09. The van der Waals surface area contributed by atoms with Crippen molar-refractivity contribution < 1.29 is 0 Å². The van der Waals surface area contributed by atoms with Gasteiger partial charge in [0.1, 0.15) is 0 Å². The van der Waals surface area contributed by atoms with Gasteiger partial charge in [0, 0.05) is 6.04 Å². The van der Waals surface area contributed by atoms with Crippen molar-refractivity contribution in [2.24, 2.45) is 5.73 Å². The Balaban J connectivity index is 2.27. The monoisotopic (exact) mass is 219 g/mol. The molecular weight excluding hydrogens is 194 g/mol. The zero-order valence-corrected chi connectivity index (χ0v) is 10.7. The van der Waals surface area contributed by atoms with Gasteiger partial charge in [-0.3, -0.25) is 0 Å². The van der Waals surface area contributed by atoms with Crippen LogP contribution in [0.5, 0.6) is 0 Å². The van der Waals surface area contributed by atoms with E-state index in [2.05, 4.69) is 44.2 Å². The van der Waals surface area contributed by atoms with Gasteiger partial charge in [-0.2, -0.15) is 0 Å². The van der Waals surface area contributed by atoms with E-state index in [1.165, 1.54) is 31.2 Å². The first-order valence-electron chi connectivity index (χ1n) is 6.54. The summed E-state index contributed by atoms with van der Waals surface area (Å²) in [4.78, 5) is 0. The summed E-state index contributed by atoms with van der Waals surface area (Å²) in [5, 5.41) is 0. The number of hydrogen-bond donors (Lipinski definition) is 1. The van der Waals surface area contributed by atoms with E-state index in [9.17, 15) is 0 Å². The highest BCUT2D eigenvalue weighted by Gasteiger charge is 2.08. The third kappa shape index (κ3) is 4.80. The second kappa shape index (κ2) is 7.45. The maximum Gasteiger partial charge on any atom is 0.00390 e. The van der Waals surface area contributed by atoms with Crippen molar-refractivity contribution in [3.63, 3.8) is 0 Å². The smallest absolute Gasteiger partial charge is 0.00390 e. The second-order valence-corrected chi connectivity index (χ2v) is 4.79. The lowest BCUT2D eigenvalue weighted by molar-refractivity contribution is 0.498. The van der Waals surface area contributed by atoms with Gasteiger partial charge in [0.25, 0.3) is 0 Å². The Morgan fingerprint density at radius 3 is 2.38 bits per heavy atom. The summed E-state index contributed by atoms with van der Waals surface area (Å²) in [6.45, 7) is 4.52. The molecule has 2 atom stereocenters. The summed E-state index contributed by atoms with van der Waals surface area (Å²) in [5.74, 6) is 0.633. The molecule has 16 heavy (non-hydrogen) atoms. The van der Waals surface area contributed by atoms with Crippen molar-refractivity contribution in [2.45, 2.75) is 57.9 Å². The maximum absolute atomic E-state index is 6.09. The normalized spacial score (nSPS) is 14.7. The Morgan fingerprint density at radius 1 is 1.06 bits per heavy atom. The van der Waals surface area contributed by atoms with E-state index in [0.29, 0.717) is 12.0 Å². The molecule has 1 rings (SSSR count). The number of rotatable bonds is 7. The van der Waals surface area contributed by atoms with Crippen molar-refractivity contribution >= 4 is 0 Å². The van der Waals surface area contributed by atoms with Crippen LogP contribution in [0, 0.1) is 0 Å². The molecule has 0 heterocycles. The minimum Gasteiger partial charge on any atom is -0.328 e. The summed E-state index contributed by atoms with van der Waals surface area (Å²) in [5.41, 5.74) is 7.52. The molecule has 1 aromatic carbocycles. The Hall–Kier alpha value is -0.820. The highest BCUT2D eigenvalue weighted by atomic mass is 14.6. The van der Waals surface area contributed by atoms with Crippen molar-refractivity contribution in [3.05, 3.63) is 35.9 Å². The molecule has 0 fully saturated rings. The van der Waals surface area contributed by atoms with Gasteiger partial charge in [-0.1, -0.05) is 57.0 Å². The van der Waals surface area contributed by atoms with Crippen LogP contribution in [0.1, 0.15) is 57.4 Å². The van der Waals surface area contributed by atoms with Crippen LogP contribution in [-0.2, 0) is 0 Å². The average Bonchev–Trinajstić information content (AvgIpc) is 2.34. The average molecular weight is 219 g/mol. The molecule has 2 N–H and O–H groups in total. The fourth-order valence-corrected chi connectivity index (χ4v) is 2.02. The molecule has 0 saturated heterocycles. The van der Waals surface area contributed by atoms with Crippen LogP contribution in [0.2, 0.25) is 0 Å². The fourth-order valence-electron chi connectivity index (χ4n) is 2.02. The summed E-state index contributed by atoms with van der Waals surface area (Å²) in [7, 11) is 0. The molecule has 1 unspecified atom stereocenters. The molecule has 0 aliphatic rings. The van der Waals surface area contributed by atoms with Gasteiger partial charge < -0.3 is 5.73 Å². The minimum absolute atomic E-state index is 0.395. The van der Waals surface area contributed by atoms with Crippen LogP contribution < -0.4 is 5.73 Å². The molecular formula is C15H25N. The second-order valence-electron chi connectivity index (χ2n) is 4.79. The largest absolute Gasteiger partial charge is 0.328 e. The standard InChI is InChI=1S/C15H25N/c1-3-4-10-15(16)12-11-13(2)14-8-6-5-7-9-14/h5-9,13,15H,3-4,10-12,16H2,1-2H3/t13-,15?/m0/s1. The summed E-state index contributed by atoms with van der Waals surface area (Å²) in [6.07, 6.45) is 6.05. The Bertz CT molecular complexity index is 268. The zero-order valence-electron chi connectivity index (χ0n) is 10.7. The van der Waals surface area contributed by atoms with Gasteiger partial charge in [-0.15, -0.1) is 0 Å². The summed E-state index contributed by atoms with van der Waals surface area (Å²) in [6, 6.07) is 11.1. The van der Waals surface area contributed by atoms with Crippen molar-refractivity contribution in [1.82, 2.24) is 0 Å². The van der Waals surface area contributed by atoms with Crippen LogP contribution in [-0.4, -0.2) is 6.04 Å². The highest BCUT2D eigenvalue weighted by molar-refractivity contribution is 5.18.